The molecule has 0 saturated heterocycles. The molecular weight excluding hydrogens is 186 g/mol. The number of nitrogens with one attached hydrogen (secondary N) is 1. The molecule has 0 unspecified atom stereocenters. The minimum atomic E-state index is 0.823. The second-order valence-electron chi connectivity index (χ2n) is 4.16. The van der Waals surface area contributed by atoms with Gasteiger partial charge in [-0.15, -0.1) is 0 Å². The third kappa shape index (κ3) is 2.13. The predicted molar refractivity (Wildman–Crippen MR) is 65.0 cm³/mol. The first-order valence-electron chi connectivity index (χ1n) is 5.17. The van der Waals surface area contributed by atoms with E-state index in [4.69, 9.17) is 5.73 Å². The summed E-state index contributed by atoms with van der Waals surface area (Å²) in [7, 11) is 4.16. The summed E-state index contributed by atoms with van der Waals surface area (Å²) >= 11 is 0. The Hall–Kier alpha value is -1.48. The van der Waals surface area contributed by atoms with Crippen molar-refractivity contribution < 1.29 is 0 Å². The van der Waals surface area contributed by atoms with Crippen LogP contribution in [0.2, 0.25) is 0 Å². The van der Waals surface area contributed by atoms with Crippen molar-refractivity contribution in [2.24, 2.45) is 0 Å². The van der Waals surface area contributed by atoms with Crippen LogP contribution in [0.1, 0.15) is 5.69 Å². The molecule has 0 aliphatic carbocycles. The van der Waals surface area contributed by atoms with Crippen LogP contribution in [0, 0.1) is 0 Å². The van der Waals surface area contributed by atoms with Crippen molar-refractivity contribution in [3.8, 4) is 0 Å². The van der Waals surface area contributed by atoms with Gasteiger partial charge in [-0.05, 0) is 26.2 Å². The standard InChI is InChI=1S/C12H17N3/c1-15(2)7-6-10-8-9-4-3-5-11(13)12(9)14-10/h3-5,8,14H,6-7,13H2,1-2H3. The van der Waals surface area contributed by atoms with Crippen molar-refractivity contribution in [1.82, 2.24) is 9.88 Å². The Balaban J connectivity index is 2.27. The molecular formula is C12H17N3. The molecule has 2 aromatic rings. The first-order valence-corrected chi connectivity index (χ1v) is 5.17. The Kier molecular flexibility index (Phi) is 2.64. The molecule has 0 amide bonds. The maximum atomic E-state index is 5.88. The highest BCUT2D eigenvalue weighted by Crippen LogP contribution is 2.21. The average Bonchev–Trinajstić information content (AvgIpc) is 2.59. The van der Waals surface area contributed by atoms with E-state index in [1.165, 1.54) is 11.1 Å². The number of aromatic nitrogens is 1. The van der Waals surface area contributed by atoms with E-state index in [1.54, 1.807) is 0 Å². The zero-order valence-corrected chi connectivity index (χ0v) is 9.25. The maximum Gasteiger partial charge on any atom is 0.0689 e. The van der Waals surface area contributed by atoms with E-state index in [-0.39, 0.29) is 0 Å². The fourth-order valence-electron chi connectivity index (χ4n) is 1.72. The van der Waals surface area contributed by atoms with Crippen LogP contribution in [0.15, 0.2) is 24.3 Å². The number of likely N-dealkylation sites (N-methyl/N-ethyl adjacent to an activating group) is 1. The van der Waals surface area contributed by atoms with Crippen LogP contribution in [-0.2, 0) is 6.42 Å². The fourth-order valence-corrected chi connectivity index (χ4v) is 1.72. The van der Waals surface area contributed by atoms with Crippen molar-refractivity contribution >= 4 is 16.6 Å². The number of aromatic amines is 1. The van der Waals surface area contributed by atoms with E-state index in [0.717, 1.165) is 24.2 Å². The van der Waals surface area contributed by atoms with Crippen molar-refractivity contribution in [3.05, 3.63) is 30.0 Å². The van der Waals surface area contributed by atoms with E-state index in [1.807, 2.05) is 12.1 Å². The lowest BCUT2D eigenvalue weighted by Crippen LogP contribution is -2.15. The highest BCUT2D eigenvalue weighted by atomic mass is 15.0. The normalized spacial score (nSPS) is 11.4. The number of hydrogen-bond donors (Lipinski definition) is 2. The average molecular weight is 203 g/mol. The van der Waals surface area contributed by atoms with Gasteiger partial charge in [0, 0.05) is 24.0 Å². The van der Waals surface area contributed by atoms with Gasteiger partial charge in [-0.2, -0.15) is 0 Å². The number of nitrogens with zero attached hydrogens (tertiary/aromatic N) is 1. The summed E-state index contributed by atoms with van der Waals surface area (Å²) in [5, 5.41) is 1.20. The van der Waals surface area contributed by atoms with Crippen LogP contribution < -0.4 is 5.73 Å². The monoisotopic (exact) mass is 203 g/mol. The van der Waals surface area contributed by atoms with Crippen LogP contribution in [0.5, 0.6) is 0 Å². The molecule has 0 radical (unpaired) electrons. The maximum absolute atomic E-state index is 5.88. The van der Waals surface area contributed by atoms with Crippen LogP contribution in [0.4, 0.5) is 5.69 Å². The summed E-state index contributed by atoms with van der Waals surface area (Å²) in [6.45, 7) is 1.05. The third-order valence-corrected chi connectivity index (χ3v) is 2.57. The van der Waals surface area contributed by atoms with Crippen LogP contribution in [0.25, 0.3) is 10.9 Å². The molecule has 3 N–H and O–H groups in total. The summed E-state index contributed by atoms with van der Waals surface area (Å²) in [4.78, 5) is 5.54. The molecule has 80 valence electrons. The van der Waals surface area contributed by atoms with Crippen LogP contribution >= 0.6 is 0 Å². The summed E-state index contributed by atoms with van der Waals surface area (Å²) < 4.78 is 0. The van der Waals surface area contributed by atoms with E-state index >= 15 is 0 Å². The number of nitrogens with two attached hydrogens (primary N) is 1. The van der Waals surface area contributed by atoms with Gasteiger partial charge in [-0.25, -0.2) is 0 Å². The molecule has 0 aliphatic rings. The van der Waals surface area contributed by atoms with Gasteiger partial charge in [0.2, 0.25) is 0 Å². The van der Waals surface area contributed by atoms with Crippen LogP contribution in [0.3, 0.4) is 0 Å². The van der Waals surface area contributed by atoms with E-state index in [9.17, 15) is 0 Å². The van der Waals surface area contributed by atoms with Gasteiger partial charge in [-0.3, -0.25) is 0 Å². The topological polar surface area (TPSA) is 45.0 Å². The molecule has 1 aromatic carbocycles. The predicted octanol–water partition coefficient (Wildman–Crippen LogP) is 1.85. The molecule has 2 rings (SSSR count). The van der Waals surface area contributed by atoms with Crippen molar-refractivity contribution in [2.75, 3.05) is 26.4 Å². The van der Waals surface area contributed by atoms with Gasteiger partial charge >= 0.3 is 0 Å². The number of hydrogen-bond acceptors (Lipinski definition) is 2. The zero-order chi connectivity index (χ0) is 10.8. The molecule has 1 aromatic heterocycles. The van der Waals surface area contributed by atoms with Crippen molar-refractivity contribution in [2.45, 2.75) is 6.42 Å². The molecule has 0 aliphatic heterocycles. The molecule has 0 saturated carbocycles. The molecule has 3 nitrogen and oxygen atoms in total. The summed E-state index contributed by atoms with van der Waals surface area (Å²) in [5.41, 5.74) is 9.01. The van der Waals surface area contributed by atoms with Crippen molar-refractivity contribution in [1.29, 1.82) is 0 Å². The van der Waals surface area contributed by atoms with Gasteiger partial charge in [0.15, 0.2) is 0 Å². The number of para-hydroxylation sites is 1. The summed E-state index contributed by atoms with van der Waals surface area (Å²) in [6, 6.07) is 8.17. The van der Waals surface area contributed by atoms with Gasteiger partial charge < -0.3 is 15.6 Å². The second-order valence-corrected chi connectivity index (χ2v) is 4.16. The second kappa shape index (κ2) is 3.95. The molecule has 0 fully saturated rings. The zero-order valence-electron chi connectivity index (χ0n) is 9.25. The number of anilines is 1. The van der Waals surface area contributed by atoms with E-state index < -0.39 is 0 Å². The number of rotatable bonds is 3. The van der Waals surface area contributed by atoms with Crippen molar-refractivity contribution in [3.63, 3.8) is 0 Å². The van der Waals surface area contributed by atoms with Crippen LogP contribution in [-0.4, -0.2) is 30.5 Å². The first kappa shape index (κ1) is 10.1. The Morgan fingerprint density at radius 3 is 2.80 bits per heavy atom. The molecule has 15 heavy (non-hydrogen) atoms. The lowest BCUT2D eigenvalue weighted by atomic mass is 10.2. The van der Waals surface area contributed by atoms with E-state index in [2.05, 4.69) is 36.1 Å². The summed E-state index contributed by atoms with van der Waals surface area (Å²) in [6.07, 6.45) is 1.03. The number of benzene rings is 1. The van der Waals surface area contributed by atoms with Gasteiger partial charge in [0.05, 0.1) is 11.2 Å². The minimum absolute atomic E-state index is 0.823. The quantitative estimate of drug-likeness (QED) is 0.748. The highest BCUT2D eigenvalue weighted by Gasteiger charge is 2.03. The first-order chi connectivity index (χ1) is 7.16. The highest BCUT2D eigenvalue weighted by molar-refractivity contribution is 5.90. The lowest BCUT2D eigenvalue weighted by Gasteiger charge is -2.07. The number of nitrogen functional groups attached to an aromatic ring is 1. The molecule has 0 bridgehead atoms. The largest absolute Gasteiger partial charge is 0.397 e. The Bertz CT molecular complexity index is 457. The van der Waals surface area contributed by atoms with Gasteiger partial charge in [0.25, 0.3) is 0 Å². The van der Waals surface area contributed by atoms with Gasteiger partial charge in [-0.1, -0.05) is 12.1 Å². The number of H-pyrrole nitrogens is 1. The molecule has 3 heteroatoms. The fraction of sp³-hybridized carbons (Fsp3) is 0.333. The Morgan fingerprint density at radius 2 is 2.13 bits per heavy atom. The Labute approximate surface area is 89.9 Å². The van der Waals surface area contributed by atoms with Gasteiger partial charge in [0.1, 0.15) is 0 Å². The molecule has 0 atom stereocenters. The lowest BCUT2D eigenvalue weighted by molar-refractivity contribution is 0.412. The summed E-state index contributed by atoms with van der Waals surface area (Å²) in [5.74, 6) is 0. The molecule has 0 spiro atoms. The SMILES string of the molecule is CN(C)CCc1cc2cccc(N)c2[nH]1. The molecule has 1 heterocycles. The number of fused-ring (bicyclic) bond motifs is 1. The minimum Gasteiger partial charge on any atom is -0.397 e. The van der Waals surface area contributed by atoms with E-state index in [0.29, 0.717) is 0 Å². The smallest absolute Gasteiger partial charge is 0.0689 e. The third-order valence-electron chi connectivity index (χ3n) is 2.57. The Morgan fingerprint density at radius 1 is 1.33 bits per heavy atom.